The molecule has 2 N–H and O–H groups in total. The molecule has 2 bridgehead atoms. The third-order valence-electron chi connectivity index (χ3n) is 7.22. The zero-order chi connectivity index (χ0) is 17.2. The van der Waals surface area contributed by atoms with Gasteiger partial charge in [-0.15, -0.1) is 0 Å². The van der Waals surface area contributed by atoms with E-state index in [1.165, 1.54) is 19.3 Å². The van der Waals surface area contributed by atoms with Gasteiger partial charge in [-0.1, -0.05) is 13.8 Å². The van der Waals surface area contributed by atoms with Gasteiger partial charge in [0.15, 0.2) is 0 Å². The van der Waals surface area contributed by atoms with Crippen molar-refractivity contribution in [1.29, 1.82) is 0 Å². The average Bonchev–Trinajstić information content (AvgIpc) is 3.11. The van der Waals surface area contributed by atoms with Gasteiger partial charge in [-0.25, -0.2) is 0 Å². The Morgan fingerprint density at radius 2 is 1.88 bits per heavy atom. The Balaban J connectivity index is 1.35. The maximum atomic E-state index is 12.4. The van der Waals surface area contributed by atoms with Crippen LogP contribution in [0.5, 0.6) is 0 Å². The molecule has 1 saturated heterocycles. The molecule has 5 nitrogen and oxygen atoms in total. The van der Waals surface area contributed by atoms with Crippen molar-refractivity contribution in [3.8, 4) is 0 Å². The Hall–Kier alpha value is -0.650. The maximum Gasteiger partial charge on any atom is 0.234 e. The monoisotopic (exact) mass is 337 g/mol. The van der Waals surface area contributed by atoms with Crippen LogP contribution >= 0.6 is 0 Å². The van der Waals surface area contributed by atoms with Gasteiger partial charge in [-0.2, -0.15) is 0 Å². The van der Waals surface area contributed by atoms with Gasteiger partial charge < -0.3 is 15.4 Å². The molecule has 1 amide bonds. The summed E-state index contributed by atoms with van der Waals surface area (Å²) in [5, 5.41) is 6.71. The molecular weight excluding hydrogens is 302 g/mol. The topological polar surface area (TPSA) is 53.6 Å². The summed E-state index contributed by atoms with van der Waals surface area (Å²) in [4.78, 5) is 14.9. The van der Waals surface area contributed by atoms with Crippen LogP contribution in [0.15, 0.2) is 0 Å². The fourth-order valence-electron chi connectivity index (χ4n) is 5.16. The number of hydrogen-bond acceptors (Lipinski definition) is 4. The molecule has 5 heteroatoms. The van der Waals surface area contributed by atoms with Crippen LogP contribution in [0, 0.1) is 17.3 Å². The molecule has 0 aromatic heterocycles. The number of ether oxygens (including phenoxy) is 1. The predicted molar refractivity (Wildman–Crippen MR) is 95.9 cm³/mol. The molecule has 0 aromatic carbocycles. The Kier molecular flexibility index (Phi) is 5.52. The van der Waals surface area contributed by atoms with Crippen molar-refractivity contribution in [3.05, 3.63) is 0 Å². The number of nitrogens with zero attached hydrogens (tertiary/aromatic N) is 1. The highest BCUT2D eigenvalue weighted by Gasteiger charge is 2.60. The molecule has 0 radical (unpaired) electrons. The molecule has 0 aromatic rings. The van der Waals surface area contributed by atoms with Crippen molar-refractivity contribution in [2.75, 3.05) is 45.9 Å². The molecule has 3 atom stereocenters. The minimum Gasteiger partial charge on any atom is -0.379 e. The van der Waals surface area contributed by atoms with Crippen LogP contribution < -0.4 is 10.6 Å². The summed E-state index contributed by atoms with van der Waals surface area (Å²) < 4.78 is 5.36. The van der Waals surface area contributed by atoms with Gasteiger partial charge in [0, 0.05) is 18.6 Å². The summed E-state index contributed by atoms with van der Waals surface area (Å²) in [5.41, 5.74) is 0.171. The standard InChI is InChI=1S/C19H35N3O2/c1-18(2)15-5-6-16(13-15)19(18,3)21-17(23)14-20-7-4-8-22-9-11-24-12-10-22/h15-16,20H,4-14H2,1-3H3,(H,21,23)/t15-,16-,19-/m0/s1. The second-order valence-corrected chi connectivity index (χ2v) is 8.66. The van der Waals surface area contributed by atoms with Crippen molar-refractivity contribution >= 4 is 5.91 Å². The minimum absolute atomic E-state index is 0.0392. The molecule has 2 aliphatic carbocycles. The molecule has 24 heavy (non-hydrogen) atoms. The molecule has 3 fully saturated rings. The highest BCUT2D eigenvalue weighted by molar-refractivity contribution is 5.79. The van der Waals surface area contributed by atoms with E-state index >= 15 is 0 Å². The largest absolute Gasteiger partial charge is 0.379 e. The number of hydrogen-bond donors (Lipinski definition) is 2. The van der Waals surface area contributed by atoms with Gasteiger partial charge in [0.25, 0.3) is 0 Å². The lowest BCUT2D eigenvalue weighted by Crippen LogP contribution is -2.60. The van der Waals surface area contributed by atoms with Gasteiger partial charge in [0.2, 0.25) is 5.91 Å². The number of carbonyl (C=O) groups is 1. The smallest absolute Gasteiger partial charge is 0.234 e. The van der Waals surface area contributed by atoms with Gasteiger partial charge >= 0.3 is 0 Å². The molecule has 1 heterocycles. The summed E-state index contributed by atoms with van der Waals surface area (Å²) in [6.07, 6.45) is 4.98. The average molecular weight is 338 g/mol. The zero-order valence-corrected chi connectivity index (χ0v) is 15.7. The minimum atomic E-state index is -0.0392. The first-order valence-corrected chi connectivity index (χ1v) is 9.75. The van der Waals surface area contributed by atoms with Gasteiger partial charge in [-0.3, -0.25) is 9.69 Å². The summed E-state index contributed by atoms with van der Waals surface area (Å²) in [6.45, 7) is 13.2. The normalized spacial score (nSPS) is 35.3. The van der Waals surface area contributed by atoms with Gasteiger partial charge in [0.05, 0.1) is 19.8 Å². The van der Waals surface area contributed by atoms with Crippen molar-refractivity contribution < 1.29 is 9.53 Å². The van der Waals surface area contributed by atoms with Crippen molar-refractivity contribution in [1.82, 2.24) is 15.5 Å². The third-order valence-corrected chi connectivity index (χ3v) is 7.22. The molecule has 2 saturated carbocycles. The fourth-order valence-corrected chi connectivity index (χ4v) is 5.16. The summed E-state index contributed by atoms with van der Waals surface area (Å²) in [6, 6.07) is 0. The van der Waals surface area contributed by atoms with E-state index in [9.17, 15) is 4.79 Å². The Labute approximate surface area is 146 Å². The van der Waals surface area contributed by atoms with E-state index in [0.29, 0.717) is 12.5 Å². The highest BCUT2D eigenvalue weighted by Crippen LogP contribution is 2.61. The SMILES string of the molecule is CC1(C)[C@H]2CC[C@@H](C2)[C@]1(C)NC(=O)CNCCCN1CCOCC1. The van der Waals surface area contributed by atoms with Gasteiger partial charge in [-0.05, 0) is 62.9 Å². The van der Waals surface area contributed by atoms with E-state index in [-0.39, 0.29) is 16.9 Å². The highest BCUT2D eigenvalue weighted by atomic mass is 16.5. The Morgan fingerprint density at radius 1 is 1.17 bits per heavy atom. The summed E-state index contributed by atoms with van der Waals surface area (Å²) in [7, 11) is 0. The number of fused-ring (bicyclic) bond motifs is 2. The first kappa shape index (κ1) is 18.2. The van der Waals surface area contributed by atoms with Crippen molar-refractivity contribution in [3.63, 3.8) is 0 Å². The lowest BCUT2D eigenvalue weighted by molar-refractivity contribution is -0.124. The first-order chi connectivity index (χ1) is 11.4. The number of carbonyl (C=O) groups excluding carboxylic acids is 1. The second kappa shape index (κ2) is 7.30. The lowest BCUT2D eigenvalue weighted by atomic mass is 9.64. The fraction of sp³-hybridized carbons (Fsp3) is 0.947. The van der Waals surface area contributed by atoms with E-state index in [1.807, 2.05) is 0 Å². The molecule has 138 valence electrons. The summed E-state index contributed by atoms with van der Waals surface area (Å²) in [5.74, 6) is 1.58. The van der Waals surface area contributed by atoms with Crippen LogP contribution in [0.1, 0.15) is 46.5 Å². The molecule has 1 aliphatic heterocycles. The van der Waals surface area contributed by atoms with Crippen LogP contribution in [0.3, 0.4) is 0 Å². The predicted octanol–water partition coefficient (Wildman–Crippen LogP) is 1.63. The number of amides is 1. The first-order valence-electron chi connectivity index (χ1n) is 9.75. The quantitative estimate of drug-likeness (QED) is 0.694. The molecule has 3 rings (SSSR count). The maximum absolute atomic E-state index is 12.4. The molecular formula is C19H35N3O2. The lowest BCUT2D eigenvalue weighted by Gasteiger charge is -2.48. The molecule has 0 unspecified atom stereocenters. The number of morpholine rings is 1. The molecule has 3 aliphatic rings. The van der Waals surface area contributed by atoms with Crippen LogP contribution in [0.4, 0.5) is 0 Å². The second-order valence-electron chi connectivity index (χ2n) is 8.66. The number of nitrogens with one attached hydrogen (secondary N) is 2. The van der Waals surface area contributed by atoms with Crippen LogP contribution in [0.2, 0.25) is 0 Å². The van der Waals surface area contributed by atoms with Crippen LogP contribution in [0.25, 0.3) is 0 Å². The zero-order valence-electron chi connectivity index (χ0n) is 15.7. The molecule has 0 spiro atoms. The number of rotatable bonds is 7. The summed E-state index contributed by atoms with van der Waals surface area (Å²) >= 11 is 0. The van der Waals surface area contributed by atoms with E-state index in [1.54, 1.807) is 0 Å². The van der Waals surface area contributed by atoms with E-state index in [0.717, 1.165) is 51.7 Å². The van der Waals surface area contributed by atoms with E-state index in [2.05, 4.69) is 36.3 Å². The Morgan fingerprint density at radius 3 is 2.54 bits per heavy atom. The van der Waals surface area contributed by atoms with E-state index in [4.69, 9.17) is 4.74 Å². The van der Waals surface area contributed by atoms with Crippen LogP contribution in [-0.2, 0) is 9.53 Å². The third kappa shape index (κ3) is 3.49. The van der Waals surface area contributed by atoms with E-state index < -0.39 is 0 Å². The van der Waals surface area contributed by atoms with Gasteiger partial charge in [0.1, 0.15) is 0 Å². The van der Waals surface area contributed by atoms with Crippen molar-refractivity contribution in [2.45, 2.75) is 52.0 Å². The van der Waals surface area contributed by atoms with Crippen LogP contribution in [-0.4, -0.2) is 62.3 Å². The van der Waals surface area contributed by atoms with Crippen molar-refractivity contribution in [2.24, 2.45) is 17.3 Å². The Bertz CT molecular complexity index is 448.